The zero-order chi connectivity index (χ0) is 16.5. The average molecular weight is 343 g/mol. The third-order valence-electron chi connectivity index (χ3n) is 4.79. The molecule has 2 fully saturated rings. The van der Waals surface area contributed by atoms with Gasteiger partial charge in [0.25, 0.3) is 5.91 Å². The van der Waals surface area contributed by atoms with Crippen LogP contribution in [0.5, 0.6) is 0 Å². The van der Waals surface area contributed by atoms with Gasteiger partial charge in [-0.25, -0.2) is 9.97 Å². The van der Waals surface area contributed by atoms with Gasteiger partial charge in [0, 0.05) is 56.9 Å². The maximum absolute atomic E-state index is 12.3. The highest BCUT2D eigenvalue weighted by Gasteiger charge is 2.37. The molecule has 4 heterocycles. The van der Waals surface area contributed by atoms with Crippen LogP contribution in [-0.2, 0) is 0 Å². The predicted octanol–water partition coefficient (Wildman–Crippen LogP) is 1.49. The van der Waals surface area contributed by atoms with E-state index in [1.54, 1.807) is 0 Å². The number of amides is 1. The molecule has 0 saturated carbocycles. The summed E-state index contributed by atoms with van der Waals surface area (Å²) >= 11 is 1.53. The molecule has 2 aliphatic rings. The van der Waals surface area contributed by atoms with E-state index in [4.69, 9.17) is 0 Å². The standard InChI is InChI=1S/C17H21N5OS/c1-13-19-15(12-24-13)17(23)22-10-14(11-22)20-6-8-21(9-7-20)16-4-2-3-5-18-16/h2-5,12,14H,6-11H2,1H3. The van der Waals surface area contributed by atoms with Crippen LogP contribution in [0.25, 0.3) is 0 Å². The number of anilines is 1. The summed E-state index contributed by atoms with van der Waals surface area (Å²) in [6, 6.07) is 6.53. The summed E-state index contributed by atoms with van der Waals surface area (Å²) in [5.41, 5.74) is 0.593. The first-order chi connectivity index (χ1) is 11.7. The normalized spacial score (nSPS) is 19.4. The first kappa shape index (κ1) is 15.5. The van der Waals surface area contributed by atoms with E-state index in [9.17, 15) is 4.79 Å². The lowest BCUT2D eigenvalue weighted by Gasteiger charge is -2.48. The van der Waals surface area contributed by atoms with Gasteiger partial charge in [0.05, 0.1) is 5.01 Å². The number of carbonyl (C=O) groups excluding carboxylic acids is 1. The average Bonchev–Trinajstić information content (AvgIpc) is 3.01. The number of nitrogens with zero attached hydrogens (tertiary/aromatic N) is 5. The van der Waals surface area contributed by atoms with Gasteiger partial charge in [-0.05, 0) is 19.1 Å². The number of rotatable bonds is 3. The van der Waals surface area contributed by atoms with Crippen molar-refractivity contribution in [2.45, 2.75) is 13.0 Å². The van der Waals surface area contributed by atoms with Crippen molar-refractivity contribution in [2.24, 2.45) is 0 Å². The summed E-state index contributed by atoms with van der Waals surface area (Å²) in [4.78, 5) is 27.8. The third-order valence-corrected chi connectivity index (χ3v) is 5.57. The molecule has 2 aromatic rings. The minimum absolute atomic E-state index is 0.0720. The Labute approximate surface area is 145 Å². The van der Waals surface area contributed by atoms with E-state index in [1.807, 2.05) is 35.5 Å². The van der Waals surface area contributed by atoms with Crippen LogP contribution in [0.4, 0.5) is 5.82 Å². The lowest BCUT2D eigenvalue weighted by Crippen LogP contribution is -2.64. The van der Waals surface area contributed by atoms with Crippen LogP contribution in [0.1, 0.15) is 15.5 Å². The van der Waals surface area contributed by atoms with Gasteiger partial charge in [0.2, 0.25) is 0 Å². The van der Waals surface area contributed by atoms with E-state index in [-0.39, 0.29) is 5.91 Å². The predicted molar refractivity (Wildman–Crippen MR) is 94.6 cm³/mol. The Balaban J connectivity index is 1.27. The van der Waals surface area contributed by atoms with Crippen molar-refractivity contribution in [3.63, 3.8) is 0 Å². The minimum atomic E-state index is 0.0720. The lowest BCUT2D eigenvalue weighted by molar-refractivity contribution is 0.0242. The van der Waals surface area contributed by atoms with Crippen molar-refractivity contribution >= 4 is 23.1 Å². The van der Waals surface area contributed by atoms with Crippen molar-refractivity contribution in [3.8, 4) is 0 Å². The van der Waals surface area contributed by atoms with Gasteiger partial charge in [-0.1, -0.05) is 6.07 Å². The largest absolute Gasteiger partial charge is 0.354 e. The Bertz CT molecular complexity index is 705. The smallest absolute Gasteiger partial charge is 0.273 e. The molecule has 0 bridgehead atoms. The summed E-state index contributed by atoms with van der Waals surface area (Å²) in [5, 5.41) is 2.80. The highest BCUT2D eigenvalue weighted by Crippen LogP contribution is 2.21. The van der Waals surface area contributed by atoms with E-state index >= 15 is 0 Å². The van der Waals surface area contributed by atoms with E-state index in [2.05, 4.69) is 25.8 Å². The van der Waals surface area contributed by atoms with Gasteiger partial charge in [0.15, 0.2) is 0 Å². The minimum Gasteiger partial charge on any atom is -0.354 e. The molecule has 2 aliphatic heterocycles. The second kappa shape index (κ2) is 6.49. The number of carbonyl (C=O) groups is 1. The van der Waals surface area contributed by atoms with Crippen molar-refractivity contribution in [1.29, 1.82) is 0 Å². The third kappa shape index (κ3) is 3.01. The first-order valence-electron chi connectivity index (χ1n) is 8.32. The lowest BCUT2D eigenvalue weighted by atomic mass is 10.1. The fraction of sp³-hybridized carbons (Fsp3) is 0.471. The summed E-state index contributed by atoms with van der Waals surface area (Å²) in [6.45, 7) is 7.61. The van der Waals surface area contributed by atoms with Crippen LogP contribution in [-0.4, -0.2) is 71.0 Å². The molecule has 1 amide bonds. The highest BCUT2D eigenvalue weighted by molar-refractivity contribution is 7.09. The molecule has 0 N–H and O–H groups in total. The number of hydrogen-bond donors (Lipinski definition) is 0. The van der Waals surface area contributed by atoms with Crippen LogP contribution in [0, 0.1) is 6.92 Å². The second-order valence-electron chi connectivity index (χ2n) is 6.33. The number of pyridine rings is 1. The Kier molecular flexibility index (Phi) is 4.20. The van der Waals surface area contributed by atoms with Gasteiger partial charge < -0.3 is 9.80 Å². The number of thiazole rings is 1. The summed E-state index contributed by atoms with van der Waals surface area (Å²) in [6.07, 6.45) is 1.84. The van der Waals surface area contributed by atoms with Gasteiger partial charge >= 0.3 is 0 Å². The van der Waals surface area contributed by atoms with Crippen molar-refractivity contribution in [3.05, 3.63) is 40.5 Å². The summed E-state index contributed by atoms with van der Waals surface area (Å²) < 4.78 is 0. The Morgan fingerprint density at radius 2 is 2.00 bits per heavy atom. The summed E-state index contributed by atoms with van der Waals surface area (Å²) in [5.74, 6) is 1.13. The number of piperazine rings is 1. The summed E-state index contributed by atoms with van der Waals surface area (Å²) in [7, 11) is 0. The van der Waals surface area contributed by atoms with E-state index in [0.717, 1.165) is 50.1 Å². The maximum atomic E-state index is 12.3. The number of likely N-dealkylation sites (tertiary alicyclic amines) is 1. The van der Waals surface area contributed by atoms with E-state index in [0.29, 0.717) is 11.7 Å². The van der Waals surface area contributed by atoms with Crippen molar-refractivity contribution < 1.29 is 4.79 Å². The molecular weight excluding hydrogens is 322 g/mol. The van der Waals surface area contributed by atoms with E-state index < -0.39 is 0 Å². The Hall–Kier alpha value is -1.99. The van der Waals surface area contributed by atoms with Crippen LogP contribution in [0.3, 0.4) is 0 Å². The molecule has 7 heteroatoms. The number of aromatic nitrogens is 2. The van der Waals surface area contributed by atoms with E-state index in [1.165, 1.54) is 11.3 Å². The molecular formula is C17H21N5OS. The zero-order valence-corrected chi connectivity index (χ0v) is 14.6. The maximum Gasteiger partial charge on any atom is 0.273 e. The first-order valence-corrected chi connectivity index (χ1v) is 9.20. The number of hydrogen-bond acceptors (Lipinski definition) is 6. The molecule has 2 saturated heterocycles. The van der Waals surface area contributed by atoms with Crippen LogP contribution < -0.4 is 4.90 Å². The monoisotopic (exact) mass is 343 g/mol. The molecule has 0 atom stereocenters. The molecule has 2 aromatic heterocycles. The molecule has 24 heavy (non-hydrogen) atoms. The SMILES string of the molecule is Cc1nc(C(=O)N2CC(N3CCN(c4ccccn4)CC3)C2)cs1. The molecule has 0 aromatic carbocycles. The van der Waals surface area contributed by atoms with Crippen LogP contribution >= 0.6 is 11.3 Å². The molecule has 0 unspecified atom stereocenters. The van der Waals surface area contributed by atoms with Crippen molar-refractivity contribution in [1.82, 2.24) is 19.8 Å². The fourth-order valence-corrected chi connectivity index (χ4v) is 3.92. The Morgan fingerprint density at radius 3 is 2.62 bits per heavy atom. The zero-order valence-electron chi connectivity index (χ0n) is 13.8. The topological polar surface area (TPSA) is 52.6 Å². The highest BCUT2D eigenvalue weighted by atomic mass is 32.1. The van der Waals surface area contributed by atoms with Gasteiger partial charge in [-0.15, -0.1) is 11.3 Å². The van der Waals surface area contributed by atoms with Gasteiger partial charge in [-0.3, -0.25) is 9.69 Å². The van der Waals surface area contributed by atoms with Crippen LogP contribution in [0.2, 0.25) is 0 Å². The molecule has 126 valence electrons. The van der Waals surface area contributed by atoms with Gasteiger partial charge in [-0.2, -0.15) is 0 Å². The molecule has 0 aliphatic carbocycles. The van der Waals surface area contributed by atoms with Gasteiger partial charge in [0.1, 0.15) is 11.5 Å². The molecule has 0 radical (unpaired) electrons. The fourth-order valence-electron chi connectivity index (χ4n) is 3.33. The molecule has 0 spiro atoms. The second-order valence-corrected chi connectivity index (χ2v) is 7.39. The number of aryl methyl sites for hydroxylation is 1. The van der Waals surface area contributed by atoms with Crippen LogP contribution in [0.15, 0.2) is 29.8 Å². The van der Waals surface area contributed by atoms with Crippen molar-refractivity contribution in [2.75, 3.05) is 44.2 Å². The quantitative estimate of drug-likeness (QED) is 0.845. The Morgan fingerprint density at radius 1 is 1.21 bits per heavy atom. The molecule has 6 nitrogen and oxygen atoms in total. The molecule has 4 rings (SSSR count).